The number of amides is 2. The first kappa shape index (κ1) is 19.2. The van der Waals surface area contributed by atoms with E-state index < -0.39 is 5.91 Å². The molecule has 0 unspecified atom stereocenters. The molecule has 1 aromatic carbocycles. The molecule has 0 saturated carbocycles. The number of nitrogens with one attached hydrogen (secondary N) is 2. The molecule has 1 aromatic heterocycles. The number of ketones is 1. The van der Waals surface area contributed by atoms with Crippen LogP contribution < -0.4 is 15.4 Å². The monoisotopic (exact) mass is 359 g/mol. The number of rotatable bonds is 8. The number of nitrogens with zero attached hydrogens (tertiary/aromatic N) is 1. The van der Waals surface area contributed by atoms with Crippen molar-refractivity contribution in [2.45, 2.75) is 33.4 Å². The summed E-state index contributed by atoms with van der Waals surface area (Å²) in [5.74, 6) is -0.0146. The largest absolute Gasteiger partial charge is 0.486 e. The third-order valence-corrected chi connectivity index (χ3v) is 3.27. The molecule has 0 aliphatic rings. The maximum atomic E-state index is 12.0. The van der Waals surface area contributed by atoms with Crippen LogP contribution in [0.4, 0.5) is 0 Å². The van der Waals surface area contributed by atoms with Crippen LogP contribution in [-0.2, 0) is 11.4 Å². The summed E-state index contributed by atoms with van der Waals surface area (Å²) >= 11 is 0. The van der Waals surface area contributed by atoms with Gasteiger partial charge in [-0.3, -0.25) is 14.4 Å². The molecule has 0 spiro atoms. The molecule has 2 rings (SSSR count). The van der Waals surface area contributed by atoms with Crippen LogP contribution >= 0.6 is 0 Å². The summed E-state index contributed by atoms with van der Waals surface area (Å²) in [4.78, 5) is 34.8. The standard InChI is InChI=1S/C18H21N3O5/c1-11(2)20-17(23)9-19-18(24)16-8-15(26-21-16)10-25-14-6-4-5-13(7-14)12(3)22/h4-8,11H,9-10H2,1-3H3,(H,19,24)(H,20,23). The van der Waals surface area contributed by atoms with Gasteiger partial charge in [0.1, 0.15) is 12.4 Å². The van der Waals surface area contributed by atoms with Gasteiger partial charge in [0.2, 0.25) is 5.91 Å². The van der Waals surface area contributed by atoms with Crippen molar-refractivity contribution < 1.29 is 23.6 Å². The smallest absolute Gasteiger partial charge is 0.273 e. The fourth-order valence-electron chi connectivity index (χ4n) is 2.07. The molecule has 1 heterocycles. The van der Waals surface area contributed by atoms with Gasteiger partial charge in [-0.2, -0.15) is 0 Å². The lowest BCUT2D eigenvalue weighted by Crippen LogP contribution is -2.39. The zero-order valence-electron chi connectivity index (χ0n) is 14.9. The maximum absolute atomic E-state index is 12.0. The second kappa shape index (κ2) is 8.80. The molecule has 2 amide bonds. The summed E-state index contributed by atoms with van der Waals surface area (Å²) in [5.41, 5.74) is 0.596. The van der Waals surface area contributed by atoms with Gasteiger partial charge >= 0.3 is 0 Å². The topological polar surface area (TPSA) is 111 Å². The summed E-state index contributed by atoms with van der Waals surface area (Å²) in [7, 11) is 0. The number of Topliss-reactive ketones (excluding diaryl/α,β-unsaturated/α-hetero) is 1. The van der Waals surface area contributed by atoms with Crippen molar-refractivity contribution in [1.29, 1.82) is 0 Å². The molecule has 0 saturated heterocycles. The quantitative estimate of drug-likeness (QED) is 0.694. The highest BCUT2D eigenvalue weighted by molar-refractivity contribution is 5.95. The molecule has 0 bridgehead atoms. The summed E-state index contributed by atoms with van der Waals surface area (Å²) in [6, 6.07) is 8.18. The highest BCUT2D eigenvalue weighted by atomic mass is 16.5. The van der Waals surface area contributed by atoms with Crippen molar-refractivity contribution in [1.82, 2.24) is 15.8 Å². The van der Waals surface area contributed by atoms with Crippen LogP contribution in [-0.4, -0.2) is 35.3 Å². The highest BCUT2D eigenvalue weighted by Gasteiger charge is 2.14. The predicted octanol–water partition coefficient (Wildman–Crippen LogP) is 1.71. The predicted molar refractivity (Wildman–Crippen MR) is 92.9 cm³/mol. The second-order valence-electron chi connectivity index (χ2n) is 5.96. The fourth-order valence-corrected chi connectivity index (χ4v) is 2.07. The molecule has 2 N–H and O–H groups in total. The van der Waals surface area contributed by atoms with Crippen LogP contribution in [0.1, 0.15) is 47.4 Å². The van der Waals surface area contributed by atoms with Crippen LogP contribution in [0.3, 0.4) is 0 Å². The Labute approximate surface area is 150 Å². The number of hydrogen-bond donors (Lipinski definition) is 2. The van der Waals surface area contributed by atoms with Gasteiger partial charge in [-0.15, -0.1) is 0 Å². The third kappa shape index (κ3) is 5.73. The van der Waals surface area contributed by atoms with E-state index in [1.165, 1.54) is 13.0 Å². The highest BCUT2D eigenvalue weighted by Crippen LogP contribution is 2.16. The molecule has 8 nitrogen and oxygen atoms in total. The van der Waals surface area contributed by atoms with Crippen molar-refractivity contribution in [2.24, 2.45) is 0 Å². The Morgan fingerprint density at radius 2 is 2.00 bits per heavy atom. The SMILES string of the molecule is CC(=O)c1cccc(OCc2cc(C(=O)NCC(=O)NC(C)C)no2)c1. The van der Waals surface area contributed by atoms with E-state index in [0.29, 0.717) is 17.1 Å². The molecule has 0 aliphatic carbocycles. The third-order valence-electron chi connectivity index (χ3n) is 3.27. The maximum Gasteiger partial charge on any atom is 0.273 e. The molecule has 0 atom stereocenters. The van der Waals surface area contributed by atoms with Gasteiger partial charge in [0, 0.05) is 17.7 Å². The number of ether oxygens (including phenoxy) is 1. The molecule has 0 radical (unpaired) electrons. The van der Waals surface area contributed by atoms with E-state index in [1.807, 2.05) is 13.8 Å². The van der Waals surface area contributed by atoms with Crippen molar-refractivity contribution in [3.63, 3.8) is 0 Å². The average Bonchev–Trinajstić information content (AvgIpc) is 3.06. The average molecular weight is 359 g/mol. The van der Waals surface area contributed by atoms with Gasteiger partial charge in [-0.1, -0.05) is 17.3 Å². The van der Waals surface area contributed by atoms with Gasteiger partial charge < -0.3 is 19.9 Å². The van der Waals surface area contributed by atoms with Crippen molar-refractivity contribution >= 4 is 17.6 Å². The molecule has 2 aromatic rings. The minimum absolute atomic E-state index is 0.00305. The van der Waals surface area contributed by atoms with E-state index in [1.54, 1.807) is 24.3 Å². The Kier molecular flexibility index (Phi) is 6.48. The zero-order valence-corrected chi connectivity index (χ0v) is 14.9. The second-order valence-corrected chi connectivity index (χ2v) is 5.96. The molecule has 8 heteroatoms. The zero-order chi connectivity index (χ0) is 19.1. The summed E-state index contributed by atoms with van der Waals surface area (Å²) < 4.78 is 10.6. The molecule has 0 aliphatic heterocycles. The Hall–Kier alpha value is -3.16. The Bertz CT molecular complexity index is 798. The normalized spacial score (nSPS) is 10.5. The van der Waals surface area contributed by atoms with Gasteiger partial charge in [0.25, 0.3) is 5.91 Å². The Morgan fingerprint density at radius 1 is 1.23 bits per heavy atom. The van der Waals surface area contributed by atoms with E-state index in [4.69, 9.17) is 9.26 Å². The van der Waals surface area contributed by atoms with Gasteiger partial charge in [-0.05, 0) is 32.9 Å². The van der Waals surface area contributed by atoms with Gasteiger partial charge in [0.05, 0.1) is 6.54 Å². The lowest BCUT2D eigenvalue weighted by molar-refractivity contribution is -0.120. The number of carbonyl (C=O) groups is 3. The molecular formula is C18H21N3O5. The van der Waals surface area contributed by atoms with Crippen molar-refractivity contribution in [3.8, 4) is 5.75 Å². The molecule has 138 valence electrons. The first-order valence-corrected chi connectivity index (χ1v) is 8.12. The van der Waals surface area contributed by atoms with Gasteiger partial charge in [0.15, 0.2) is 17.2 Å². The Morgan fingerprint density at radius 3 is 2.69 bits per heavy atom. The summed E-state index contributed by atoms with van der Waals surface area (Å²) in [6.45, 7) is 5.04. The van der Waals surface area contributed by atoms with Crippen LogP contribution in [0.25, 0.3) is 0 Å². The molecule has 0 fully saturated rings. The number of carbonyl (C=O) groups excluding carboxylic acids is 3. The summed E-state index contributed by atoms with van der Waals surface area (Å²) in [5, 5.41) is 8.78. The van der Waals surface area contributed by atoms with E-state index in [2.05, 4.69) is 15.8 Å². The minimum Gasteiger partial charge on any atom is -0.486 e. The molecule has 26 heavy (non-hydrogen) atoms. The van der Waals surface area contributed by atoms with Crippen LogP contribution in [0.2, 0.25) is 0 Å². The van der Waals surface area contributed by atoms with Crippen LogP contribution in [0.5, 0.6) is 5.75 Å². The fraction of sp³-hybridized carbons (Fsp3) is 0.333. The number of aromatic nitrogens is 1. The van der Waals surface area contributed by atoms with Crippen LogP contribution in [0.15, 0.2) is 34.9 Å². The van der Waals surface area contributed by atoms with Crippen LogP contribution in [0, 0.1) is 0 Å². The van der Waals surface area contributed by atoms with Gasteiger partial charge in [-0.25, -0.2) is 0 Å². The molecular weight excluding hydrogens is 338 g/mol. The van der Waals surface area contributed by atoms with E-state index >= 15 is 0 Å². The minimum atomic E-state index is -0.516. The first-order chi connectivity index (χ1) is 12.3. The van der Waals surface area contributed by atoms with Crippen molar-refractivity contribution in [2.75, 3.05) is 6.54 Å². The Balaban J connectivity index is 1.87. The summed E-state index contributed by atoms with van der Waals surface area (Å²) in [6.07, 6.45) is 0. The van der Waals surface area contributed by atoms with Crippen molar-refractivity contribution in [3.05, 3.63) is 47.3 Å². The lowest BCUT2D eigenvalue weighted by Gasteiger charge is -2.08. The first-order valence-electron chi connectivity index (χ1n) is 8.12. The number of benzene rings is 1. The lowest BCUT2D eigenvalue weighted by atomic mass is 10.1. The van der Waals surface area contributed by atoms with E-state index in [0.717, 1.165) is 0 Å². The van der Waals surface area contributed by atoms with E-state index in [9.17, 15) is 14.4 Å². The van der Waals surface area contributed by atoms with E-state index in [-0.39, 0.29) is 36.6 Å². The number of hydrogen-bond acceptors (Lipinski definition) is 6.